The Morgan fingerprint density at radius 3 is 2.56 bits per heavy atom. The van der Waals surface area contributed by atoms with Crippen molar-refractivity contribution in [2.24, 2.45) is 5.92 Å². The molecule has 2 aromatic carbocycles. The predicted octanol–water partition coefficient (Wildman–Crippen LogP) is 3.62. The second-order valence-electron chi connectivity index (χ2n) is 6.71. The zero-order chi connectivity index (χ0) is 18.6. The molecule has 0 spiro atoms. The maximum atomic E-state index is 11.5. The molecule has 1 atom stereocenters. The summed E-state index contributed by atoms with van der Waals surface area (Å²) in [6.45, 7) is 5.72. The van der Waals surface area contributed by atoms with Gasteiger partial charge in [0.15, 0.2) is 0 Å². The van der Waals surface area contributed by atoms with Gasteiger partial charge in [-0.05, 0) is 29.3 Å². The summed E-state index contributed by atoms with van der Waals surface area (Å²) in [6, 6.07) is 21.0. The molecule has 2 heterocycles. The maximum Gasteiger partial charge on any atom is 0.243 e. The number of hydrogen-bond donors (Lipinski definition) is 1. The Labute approximate surface area is 158 Å². The van der Waals surface area contributed by atoms with Crippen LogP contribution < -0.4 is 10.2 Å². The quantitative estimate of drug-likeness (QED) is 0.709. The van der Waals surface area contributed by atoms with Gasteiger partial charge in [-0.15, -0.1) is 0 Å². The van der Waals surface area contributed by atoms with Crippen molar-refractivity contribution in [1.29, 1.82) is 0 Å². The Hall–Kier alpha value is -3.34. The van der Waals surface area contributed by atoms with Crippen LogP contribution in [0, 0.1) is 5.92 Å². The molecule has 1 aliphatic rings. The van der Waals surface area contributed by atoms with Gasteiger partial charge in [-0.25, -0.2) is 4.68 Å². The first-order chi connectivity index (χ1) is 13.2. The van der Waals surface area contributed by atoms with Crippen molar-refractivity contribution in [2.45, 2.75) is 6.54 Å². The Bertz CT molecular complexity index is 930. The molecule has 0 fully saturated rings. The van der Waals surface area contributed by atoms with Crippen LogP contribution in [0.4, 0.5) is 11.5 Å². The Balaban J connectivity index is 1.56. The van der Waals surface area contributed by atoms with Crippen LogP contribution in [0.3, 0.4) is 0 Å². The van der Waals surface area contributed by atoms with Crippen molar-refractivity contribution in [3.05, 3.63) is 79.5 Å². The standard InChI is InChI=1S/C22H22N4O/c1-2-21(27)23-14-17-15-25(22-12-13-24-26(22)16-17)20-10-8-19(9-11-20)18-6-4-3-5-7-18/h2-13,17H,1,14-16H2,(H,23,27). The second kappa shape index (κ2) is 7.50. The molecule has 0 bridgehead atoms. The molecular formula is C22H22N4O. The number of amides is 1. The van der Waals surface area contributed by atoms with E-state index in [-0.39, 0.29) is 11.8 Å². The van der Waals surface area contributed by atoms with Crippen LogP contribution in [0.1, 0.15) is 0 Å². The average molecular weight is 358 g/mol. The minimum absolute atomic E-state index is 0.139. The van der Waals surface area contributed by atoms with Gasteiger partial charge >= 0.3 is 0 Å². The number of carbonyl (C=O) groups excluding carboxylic acids is 1. The predicted molar refractivity (Wildman–Crippen MR) is 108 cm³/mol. The molecule has 1 aliphatic heterocycles. The number of benzene rings is 2. The molecule has 1 aromatic heterocycles. The van der Waals surface area contributed by atoms with E-state index >= 15 is 0 Å². The van der Waals surface area contributed by atoms with E-state index in [9.17, 15) is 4.79 Å². The number of nitrogens with one attached hydrogen (secondary N) is 1. The van der Waals surface area contributed by atoms with Crippen molar-refractivity contribution in [3.8, 4) is 11.1 Å². The highest BCUT2D eigenvalue weighted by Gasteiger charge is 2.26. The largest absolute Gasteiger partial charge is 0.352 e. The minimum atomic E-state index is -0.139. The first kappa shape index (κ1) is 17.1. The number of fused-ring (bicyclic) bond motifs is 1. The third-order valence-corrected chi connectivity index (χ3v) is 4.88. The third kappa shape index (κ3) is 3.62. The van der Waals surface area contributed by atoms with Crippen molar-refractivity contribution >= 4 is 17.4 Å². The molecule has 1 amide bonds. The van der Waals surface area contributed by atoms with Gasteiger partial charge in [-0.3, -0.25) is 4.79 Å². The van der Waals surface area contributed by atoms with Gasteiger partial charge in [0.25, 0.3) is 0 Å². The topological polar surface area (TPSA) is 50.2 Å². The molecule has 1 unspecified atom stereocenters. The normalized spacial score (nSPS) is 15.9. The highest BCUT2D eigenvalue weighted by molar-refractivity contribution is 5.86. The van der Waals surface area contributed by atoms with Gasteiger partial charge in [0.05, 0.1) is 6.20 Å². The SMILES string of the molecule is C=CC(=O)NCC1CN(c2ccc(-c3ccccc3)cc2)c2ccnn2C1. The monoisotopic (exact) mass is 358 g/mol. The molecule has 5 nitrogen and oxygen atoms in total. The van der Waals surface area contributed by atoms with E-state index < -0.39 is 0 Å². The van der Waals surface area contributed by atoms with E-state index in [0.717, 1.165) is 24.6 Å². The minimum Gasteiger partial charge on any atom is -0.352 e. The summed E-state index contributed by atoms with van der Waals surface area (Å²) >= 11 is 0. The van der Waals surface area contributed by atoms with Gasteiger partial charge in [0, 0.05) is 37.3 Å². The number of carbonyl (C=O) groups is 1. The van der Waals surface area contributed by atoms with Gasteiger partial charge in [-0.1, -0.05) is 49.0 Å². The van der Waals surface area contributed by atoms with Crippen LogP contribution in [0.15, 0.2) is 79.5 Å². The van der Waals surface area contributed by atoms with Gasteiger partial charge < -0.3 is 10.2 Å². The summed E-state index contributed by atoms with van der Waals surface area (Å²) < 4.78 is 2.00. The maximum absolute atomic E-state index is 11.5. The van der Waals surface area contributed by atoms with E-state index in [1.165, 1.54) is 17.2 Å². The number of hydrogen-bond acceptors (Lipinski definition) is 3. The van der Waals surface area contributed by atoms with E-state index in [1.54, 1.807) is 0 Å². The number of nitrogens with zero attached hydrogens (tertiary/aromatic N) is 3. The summed E-state index contributed by atoms with van der Waals surface area (Å²) in [4.78, 5) is 13.8. The molecule has 136 valence electrons. The molecule has 0 saturated heterocycles. The lowest BCUT2D eigenvalue weighted by Gasteiger charge is -2.35. The zero-order valence-corrected chi connectivity index (χ0v) is 15.1. The molecular weight excluding hydrogens is 336 g/mol. The van der Waals surface area contributed by atoms with Crippen LogP contribution in [0.5, 0.6) is 0 Å². The van der Waals surface area contributed by atoms with Gasteiger partial charge in [0.2, 0.25) is 5.91 Å². The Kier molecular flexibility index (Phi) is 4.75. The third-order valence-electron chi connectivity index (χ3n) is 4.88. The van der Waals surface area contributed by atoms with Gasteiger partial charge in [0.1, 0.15) is 5.82 Å². The van der Waals surface area contributed by atoms with Crippen molar-refractivity contribution in [3.63, 3.8) is 0 Å². The molecule has 0 saturated carbocycles. The lowest BCUT2D eigenvalue weighted by Crippen LogP contribution is -2.41. The van der Waals surface area contributed by atoms with Crippen molar-refractivity contribution in [2.75, 3.05) is 18.0 Å². The number of rotatable bonds is 5. The van der Waals surface area contributed by atoms with Crippen LogP contribution in [0.2, 0.25) is 0 Å². The highest BCUT2D eigenvalue weighted by Crippen LogP contribution is 2.32. The summed E-state index contributed by atoms with van der Waals surface area (Å²) in [5.74, 6) is 1.21. The number of aromatic nitrogens is 2. The van der Waals surface area contributed by atoms with E-state index in [2.05, 4.69) is 70.4 Å². The van der Waals surface area contributed by atoms with Crippen LogP contribution in [0.25, 0.3) is 11.1 Å². The first-order valence-corrected chi connectivity index (χ1v) is 9.09. The smallest absolute Gasteiger partial charge is 0.243 e. The summed E-state index contributed by atoms with van der Waals surface area (Å²) in [5, 5.41) is 7.34. The molecule has 4 rings (SSSR count). The van der Waals surface area contributed by atoms with Crippen LogP contribution >= 0.6 is 0 Å². The highest BCUT2D eigenvalue weighted by atomic mass is 16.1. The van der Waals surface area contributed by atoms with Crippen molar-refractivity contribution in [1.82, 2.24) is 15.1 Å². The molecule has 5 heteroatoms. The summed E-state index contributed by atoms with van der Waals surface area (Å²) in [6.07, 6.45) is 3.13. The second-order valence-corrected chi connectivity index (χ2v) is 6.71. The molecule has 27 heavy (non-hydrogen) atoms. The van der Waals surface area contributed by atoms with Crippen LogP contribution in [-0.2, 0) is 11.3 Å². The van der Waals surface area contributed by atoms with E-state index in [0.29, 0.717) is 6.54 Å². The summed E-state index contributed by atoms with van der Waals surface area (Å²) in [5.41, 5.74) is 3.52. The lowest BCUT2D eigenvalue weighted by atomic mass is 10.0. The summed E-state index contributed by atoms with van der Waals surface area (Å²) in [7, 11) is 0. The van der Waals surface area contributed by atoms with E-state index in [4.69, 9.17) is 0 Å². The lowest BCUT2D eigenvalue weighted by molar-refractivity contribution is -0.116. The Morgan fingerprint density at radius 2 is 1.81 bits per heavy atom. The van der Waals surface area contributed by atoms with E-state index in [1.807, 2.05) is 23.0 Å². The zero-order valence-electron chi connectivity index (χ0n) is 15.1. The number of anilines is 2. The van der Waals surface area contributed by atoms with Gasteiger partial charge in [-0.2, -0.15) is 5.10 Å². The molecule has 0 aliphatic carbocycles. The Morgan fingerprint density at radius 1 is 1.07 bits per heavy atom. The first-order valence-electron chi connectivity index (χ1n) is 9.09. The molecule has 0 radical (unpaired) electrons. The fourth-order valence-corrected chi connectivity index (χ4v) is 3.50. The fourth-order valence-electron chi connectivity index (χ4n) is 3.50. The fraction of sp³-hybridized carbons (Fsp3) is 0.182. The van der Waals surface area contributed by atoms with Crippen molar-refractivity contribution < 1.29 is 4.79 Å². The van der Waals surface area contributed by atoms with Crippen LogP contribution in [-0.4, -0.2) is 28.8 Å². The molecule has 3 aromatic rings. The average Bonchev–Trinajstić information content (AvgIpc) is 3.21. The molecule has 1 N–H and O–H groups in total.